The molecule has 1 N–H and O–H groups in total. The molecule has 0 saturated heterocycles. The number of carbonyl (C=O) groups excluding carboxylic acids is 1. The Kier molecular flexibility index (Phi) is 8.74. The second-order valence-corrected chi connectivity index (χ2v) is 7.39. The maximum absolute atomic E-state index is 11.8. The first-order valence-electron chi connectivity index (χ1n) is 7.84. The Balaban J connectivity index is 1.45. The van der Waals surface area contributed by atoms with Crippen LogP contribution in [0.3, 0.4) is 0 Å². The molecule has 0 saturated carbocycles. The molecule has 2 aromatic carbocycles. The zero-order chi connectivity index (χ0) is 16.2. The van der Waals surface area contributed by atoms with Crippen LogP contribution in [-0.2, 0) is 16.3 Å². The standard InChI is InChI=1S/C19H23NOS2/c21-19(11-13-22-15-17-7-3-1-4-8-17)20-12-14-23-16-18-9-5-2-6-10-18/h1-10H,11-16H2,(H,20,21). The lowest BCUT2D eigenvalue weighted by atomic mass is 10.2. The van der Waals surface area contributed by atoms with Crippen molar-refractivity contribution < 1.29 is 4.79 Å². The van der Waals surface area contributed by atoms with Crippen molar-refractivity contribution in [1.82, 2.24) is 5.32 Å². The normalized spacial score (nSPS) is 10.4. The highest BCUT2D eigenvalue weighted by Gasteiger charge is 2.01. The molecule has 0 fully saturated rings. The van der Waals surface area contributed by atoms with Crippen LogP contribution in [0.15, 0.2) is 60.7 Å². The summed E-state index contributed by atoms with van der Waals surface area (Å²) in [4.78, 5) is 11.8. The smallest absolute Gasteiger partial charge is 0.220 e. The van der Waals surface area contributed by atoms with E-state index in [9.17, 15) is 4.79 Å². The van der Waals surface area contributed by atoms with Gasteiger partial charge >= 0.3 is 0 Å². The molecule has 0 spiro atoms. The lowest BCUT2D eigenvalue weighted by Gasteiger charge is -2.06. The molecule has 1 amide bonds. The zero-order valence-corrected chi connectivity index (χ0v) is 14.9. The van der Waals surface area contributed by atoms with Crippen molar-refractivity contribution in [3.05, 3.63) is 71.8 Å². The van der Waals surface area contributed by atoms with Crippen LogP contribution in [0.2, 0.25) is 0 Å². The molecular weight excluding hydrogens is 322 g/mol. The number of rotatable bonds is 10. The predicted molar refractivity (Wildman–Crippen MR) is 103 cm³/mol. The Morgan fingerprint density at radius 2 is 1.30 bits per heavy atom. The van der Waals surface area contributed by atoms with Crippen LogP contribution >= 0.6 is 23.5 Å². The highest BCUT2D eigenvalue weighted by atomic mass is 32.2. The van der Waals surface area contributed by atoms with E-state index in [4.69, 9.17) is 0 Å². The maximum Gasteiger partial charge on any atom is 0.220 e. The van der Waals surface area contributed by atoms with Gasteiger partial charge in [-0.25, -0.2) is 0 Å². The van der Waals surface area contributed by atoms with Crippen molar-refractivity contribution >= 4 is 29.4 Å². The highest BCUT2D eigenvalue weighted by molar-refractivity contribution is 7.98. The molecule has 23 heavy (non-hydrogen) atoms. The van der Waals surface area contributed by atoms with Crippen LogP contribution in [0.5, 0.6) is 0 Å². The van der Waals surface area contributed by atoms with E-state index >= 15 is 0 Å². The third kappa shape index (κ3) is 8.14. The largest absolute Gasteiger partial charge is 0.355 e. The quantitative estimate of drug-likeness (QED) is 0.649. The summed E-state index contributed by atoms with van der Waals surface area (Å²) in [5.74, 6) is 3.96. The van der Waals surface area contributed by atoms with Gasteiger partial charge in [0.25, 0.3) is 0 Å². The summed E-state index contributed by atoms with van der Waals surface area (Å²) in [5, 5.41) is 2.99. The van der Waals surface area contributed by atoms with Gasteiger partial charge in [-0.15, -0.1) is 0 Å². The zero-order valence-electron chi connectivity index (χ0n) is 13.2. The van der Waals surface area contributed by atoms with Crippen LogP contribution in [0, 0.1) is 0 Å². The lowest BCUT2D eigenvalue weighted by molar-refractivity contribution is -0.120. The van der Waals surface area contributed by atoms with Crippen LogP contribution in [0.4, 0.5) is 0 Å². The minimum atomic E-state index is 0.158. The fraction of sp³-hybridized carbons (Fsp3) is 0.316. The van der Waals surface area contributed by atoms with Gasteiger partial charge in [0.2, 0.25) is 5.91 Å². The van der Waals surface area contributed by atoms with E-state index in [0.29, 0.717) is 6.42 Å². The molecule has 2 rings (SSSR count). The van der Waals surface area contributed by atoms with Crippen LogP contribution in [0.1, 0.15) is 17.5 Å². The SMILES string of the molecule is O=C(CCSCc1ccccc1)NCCSCc1ccccc1. The van der Waals surface area contributed by atoms with Gasteiger partial charge in [-0.05, 0) is 11.1 Å². The van der Waals surface area contributed by atoms with Crippen LogP contribution in [-0.4, -0.2) is 24.0 Å². The van der Waals surface area contributed by atoms with Gasteiger partial charge < -0.3 is 5.32 Å². The van der Waals surface area contributed by atoms with E-state index in [1.54, 1.807) is 0 Å². The second-order valence-electron chi connectivity index (χ2n) is 5.18. The molecule has 0 aromatic heterocycles. The Bertz CT molecular complexity index is 560. The summed E-state index contributed by atoms with van der Waals surface area (Å²) in [6.07, 6.45) is 0.598. The van der Waals surface area contributed by atoms with Crippen molar-refractivity contribution in [3.8, 4) is 0 Å². The fourth-order valence-corrected chi connectivity index (χ4v) is 3.77. The van der Waals surface area contributed by atoms with Gasteiger partial charge in [0.15, 0.2) is 0 Å². The minimum Gasteiger partial charge on any atom is -0.355 e. The van der Waals surface area contributed by atoms with E-state index in [-0.39, 0.29) is 5.91 Å². The fourth-order valence-electron chi connectivity index (χ4n) is 2.04. The van der Waals surface area contributed by atoms with Crippen LogP contribution < -0.4 is 5.32 Å². The molecule has 0 aliphatic heterocycles. The average molecular weight is 346 g/mol. The average Bonchev–Trinajstić information content (AvgIpc) is 2.60. The summed E-state index contributed by atoms with van der Waals surface area (Å²) in [5.41, 5.74) is 2.65. The number of nitrogens with one attached hydrogen (secondary N) is 1. The summed E-state index contributed by atoms with van der Waals surface area (Å²) >= 11 is 3.66. The molecular formula is C19H23NOS2. The molecule has 122 valence electrons. The second kappa shape index (κ2) is 11.2. The van der Waals surface area contributed by atoms with E-state index < -0.39 is 0 Å². The Morgan fingerprint density at radius 3 is 1.87 bits per heavy atom. The number of carbonyl (C=O) groups is 1. The van der Waals surface area contributed by atoms with Crippen molar-refractivity contribution in [2.45, 2.75) is 17.9 Å². The van der Waals surface area contributed by atoms with Gasteiger partial charge in [-0.2, -0.15) is 23.5 Å². The number of amides is 1. The van der Waals surface area contributed by atoms with Crippen molar-refractivity contribution in [2.75, 3.05) is 18.1 Å². The highest BCUT2D eigenvalue weighted by Crippen LogP contribution is 2.13. The summed E-state index contributed by atoms with van der Waals surface area (Å²) in [7, 11) is 0. The predicted octanol–water partition coefficient (Wildman–Crippen LogP) is 4.36. The molecule has 0 bridgehead atoms. The molecule has 2 nitrogen and oxygen atoms in total. The summed E-state index contributed by atoms with van der Waals surface area (Å²) in [6, 6.07) is 20.8. The van der Waals surface area contributed by atoms with Gasteiger partial charge in [0, 0.05) is 36.0 Å². The molecule has 0 atom stereocenters. The van der Waals surface area contributed by atoms with Gasteiger partial charge in [-0.1, -0.05) is 60.7 Å². The first-order valence-corrected chi connectivity index (χ1v) is 10.2. The number of thioether (sulfide) groups is 2. The topological polar surface area (TPSA) is 29.1 Å². The number of hydrogen-bond acceptors (Lipinski definition) is 3. The third-order valence-electron chi connectivity index (χ3n) is 3.27. The van der Waals surface area contributed by atoms with E-state index in [1.165, 1.54) is 11.1 Å². The Labute approximate surface area is 147 Å². The molecule has 2 aromatic rings. The first-order chi connectivity index (χ1) is 11.3. The van der Waals surface area contributed by atoms with Gasteiger partial charge in [0.1, 0.15) is 0 Å². The monoisotopic (exact) mass is 345 g/mol. The maximum atomic E-state index is 11.8. The van der Waals surface area contributed by atoms with Crippen LogP contribution in [0.25, 0.3) is 0 Å². The molecule has 0 aliphatic rings. The minimum absolute atomic E-state index is 0.158. The first kappa shape index (κ1) is 18.0. The van der Waals surface area contributed by atoms with Crippen molar-refractivity contribution in [2.24, 2.45) is 0 Å². The van der Waals surface area contributed by atoms with Gasteiger partial charge in [-0.3, -0.25) is 4.79 Å². The molecule has 4 heteroatoms. The number of benzene rings is 2. The number of hydrogen-bond donors (Lipinski definition) is 1. The van der Waals surface area contributed by atoms with Crippen molar-refractivity contribution in [1.29, 1.82) is 0 Å². The molecule has 0 aliphatic carbocycles. The lowest BCUT2D eigenvalue weighted by Crippen LogP contribution is -2.25. The Hall–Kier alpha value is -1.39. The molecule has 0 unspecified atom stereocenters. The van der Waals surface area contributed by atoms with E-state index in [0.717, 1.165) is 29.6 Å². The summed E-state index contributed by atoms with van der Waals surface area (Å²) < 4.78 is 0. The molecule has 0 heterocycles. The van der Waals surface area contributed by atoms with Crippen molar-refractivity contribution in [3.63, 3.8) is 0 Å². The third-order valence-corrected chi connectivity index (χ3v) is 5.33. The molecule has 0 radical (unpaired) electrons. The Morgan fingerprint density at radius 1 is 0.783 bits per heavy atom. The van der Waals surface area contributed by atoms with Gasteiger partial charge in [0.05, 0.1) is 0 Å². The van der Waals surface area contributed by atoms with E-state index in [2.05, 4.69) is 53.8 Å². The van der Waals surface area contributed by atoms with E-state index in [1.807, 2.05) is 35.7 Å². The summed E-state index contributed by atoms with van der Waals surface area (Å²) in [6.45, 7) is 0.750.